The van der Waals surface area contributed by atoms with Crippen molar-refractivity contribution in [2.75, 3.05) is 0 Å². The molecule has 1 heterocycles. The van der Waals surface area contributed by atoms with Crippen molar-refractivity contribution in [3.63, 3.8) is 0 Å². The van der Waals surface area contributed by atoms with Gasteiger partial charge in [0, 0.05) is 0 Å². The Labute approximate surface area is 65.5 Å². The quantitative estimate of drug-likeness (QED) is 0.553. The van der Waals surface area contributed by atoms with Crippen LogP contribution < -0.4 is 0 Å². The zero-order chi connectivity index (χ0) is 9.07. The molecular formula is C7H14F2O2. The lowest BCUT2D eigenvalue weighted by Crippen LogP contribution is -2.16. The monoisotopic (exact) mass is 168 g/mol. The normalized spacial score (nSPS) is 34.4. The van der Waals surface area contributed by atoms with Crippen LogP contribution in [0.15, 0.2) is 0 Å². The second kappa shape index (κ2) is 3.97. The summed E-state index contributed by atoms with van der Waals surface area (Å²) >= 11 is 0. The molecule has 1 fully saturated rings. The van der Waals surface area contributed by atoms with E-state index in [1.165, 1.54) is 0 Å². The molecule has 1 aliphatic rings. The van der Waals surface area contributed by atoms with Gasteiger partial charge < -0.3 is 0 Å². The fraction of sp³-hybridized carbons (Fsp3) is 1.00. The molecule has 0 aromatic carbocycles. The van der Waals surface area contributed by atoms with E-state index in [1.807, 2.05) is 13.8 Å². The summed E-state index contributed by atoms with van der Waals surface area (Å²) in [7, 11) is 0. The lowest BCUT2D eigenvalue weighted by molar-refractivity contribution is -0.349. The van der Waals surface area contributed by atoms with Crippen LogP contribution in [-0.2, 0) is 9.47 Å². The highest BCUT2D eigenvalue weighted by molar-refractivity contribution is 4.67. The molecule has 1 rings (SSSR count). The molecule has 0 N–H and O–H groups in total. The van der Waals surface area contributed by atoms with Gasteiger partial charge in [-0.3, -0.25) is 9.47 Å². The summed E-state index contributed by atoms with van der Waals surface area (Å²) in [6.45, 7) is 7.09. The molecule has 0 amide bonds. The maximum Gasteiger partial charge on any atom is 0.486 e. The molecule has 0 spiro atoms. The third-order valence-electron chi connectivity index (χ3n) is 1.31. The third-order valence-corrected chi connectivity index (χ3v) is 1.31. The van der Waals surface area contributed by atoms with Gasteiger partial charge >= 0.3 is 6.29 Å². The van der Waals surface area contributed by atoms with Crippen molar-refractivity contribution < 1.29 is 18.3 Å². The zero-order valence-corrected chi connectivity index (χ0v) is 7.23. The third kappa shape index (κ3) is 3.12. The minimum Gasteiger partial charge on any atom is -0.290 e. The van der Waals surface area contributed by atoms with Crippen LogP contribution in [0.4, 0.5) is 8.78 Å². The van der Waals surface area contributed by atoms with Gasteiger partial charge in [0.25, 0.3) is 0 Å². The number of hydrogen-bond acceptors (Lipinski definition) is 2. The average Bonchev–Trinajstić information content (AvgIpc) is 2.10. The molecule has 0 saturated carbocycles. The first-order chi connectivity index (χ1) is 5.01. The predicted molar refractivity (Wildman–Crippen MR) is 37.4 cm³/mol. The Kier molecular flexibility index (Phi) is 3.89. The molecule has 68 valence electrons. The molecular weight excluding hydrogens is 154 g/mol. The van der Waals surface area contributed by atoms with E-state index in [0.29, 0.717) is 0 Å². The van der Waals surface area contributed by atoms with E-state index in [9.17, 15) is 8.78 Å². The molecule has 11 heavy (non-hydrogen) atoms. The molecule has 0 aromatic rings. The minimum absolute atomic E-state index is 0.514. The summed E-state index contributed by atoms with van der Waals surface area (Å²) in [5.74, 6) is 0. The minimum atomic E-state index is -3.36. The summed E-state index contributed by atoms with van der Waals surface area (Å²) in [5.41, 5.74) is 0. The van der Waals surface area contributed by atoms with E-state index >= 15 is 0 Å². The molecule has 0 aromatic heterocycles. The molecule has 2 atom stereocenters. The second-order valence-corrected chi connectivity index (χ2v) is 2.11. The van der Waals surface area contributed by atoms with Crippen molar-refractivity contribution in [2.24, 2.45) is 0 Å². The van der Waals surface area contributed by atoms with Crippen LogP contribution in [0, 0.1) is 0 Å². The molecule has 2 unspecified atom stereocenters. The first kappa shape index (κ1) is 10.8. The predicted octanol–water partition coefficient (Wildman–Crippen LogP) is 2.39. The van der Waals surface area contributed by atoms with Gasteiger partial charge in [0.2, 0.25) is 0 Å². The van der Waals surface area contributed by atoms with Gasteiger partial charge in [-0.1, -0.05) is 13.8 Å². The Morgan fingerprint density at radius 2 is 1.27 bits per heavy atom. The largest absolute Gasteiger partial charge is 0.486 e. The lowest BCUT2D eigenvalue weighted by Gasteiger charge is -2.04. The van der Waals surface area contributed by atoms with Gasteiger partial charge in [-0.2, -0.15) is 0 Å². The van der Waals surface area contributed by atoms with Crippen LogP contribution in [-0.4, -0.2) is 18.5 Å². The van der Waals surface area contributed by atoms with E-state index in [4.69, 9.17) is 0 Å². The summed E-state index contributed by atoms with van der Waals surface area (Å²) in [6, 6.07) is 0. The molecule has 1 saturated heterocycles. The van der Waals surface area contributed by atoms with Gasteiger partial charge in [-0.25, -0.2) is 0 Å². The van der Waals surface area contributed by atoms with Crippen molar-refractivity contribution in [1.29, 1.82) is 0 Å². The Bertz CT molecular complexity index is 105. The smallest absolute Gasteiger partial charge is 0.290 e. The van der Waals surface area contributed by atoms with E-state index in [2.05, 4.69) is 9.47 Å². The van der Waals surface area contributed by atoms with Crippen molar-refractivity contribution in [3.05, 3.63) is 0 Å². The van der Waals surface area contributed by atoms with Gasteiger partial charge in [0.15, 0.2) is 0 Å². The first-order valence-electron chi connectivity index (χ1n) is 3.75. The lowest BCUT2D eigenvalue weighted by atomic mass is 10.3. The molecule has 1 aliphatic heterocycles. The van der Waals surface area contributed by atoms with E-state index in [-0.39, 0.29) is 0 Å². The number of hydrogen-bond donors (Lipinski definition) is 0. The van der Waals surface area contributed by atoms with Crippen LogP contribution >= 0.6 is 0 Å². The number of ether oxygens (including phenoxy) is 2. The molecule has 2 nitrogen and oxygen atoms in total. The van der Waals surface area contributed by atoms with E-state index in [1.54, 1.807) is 13.8 Å². The molecule has 0 aliphatic carbocycles. The van der Waals surface area contributed by atoms with Crippen molar-refractivity contribution in [2.45, 2.75) is 46.2 Å². The topological polar surface area (TPSA) is 18.5 Å². The summed E-state index contributed by atoms with van der Waals surface area (Å²) in [5, 5.41) is 0. The van der Waals surface area contributed by atoms with E-state index in [0.717, 1.165) is 0 Å². The van der Waals surface area contributed by atoms with E-state index < -0.39 is 18.5 Å². The molecule has 0 radical (unpaired) electrons. The number of halogens is 2. The highest BCUT2D eigenvalue weighted by Gasteiger charge is 2.45. The Balaban J connectivity index is 0.000000461. The number of rotatable bonds is 0. The Hall–Kier alpha value is -0.220. The fourth-order valence-electron chi connectivity index (χ4n) is 0.652. The summed E-state index contributed by atoms with van der Waals surface area (Å²) in [4.78, 5) is 0. The van der Waals surface area contributed by atoms with Crippen LogP contribution in [0.5, 0.6) is 0 Å². The maximum absolute atomic E-state index is 12.0. The Morgan fingerprint density at radius 1 is 1.00 bits per heavy atom. The van der Waals surface area contributed by atoms with Gasteiger partial charge in [-0.05, 0) is 13.8 Å². The Morgan fingerprint density at radius 3 is 1.36 bits per heavy atom. The molecule has 4 heteroatoms. The van der Waals surface area contributed by atoms with Crippen molar-refractivity contribution >= 4 is 0 Å². The van der Waals surface area contributed by atoms with Gasteiger partial charge in [0.1, 0.15) is 0 Å². The summed E-state index contributed by atoms with van der Waals surface area (Å²) < 4.78 is 32.2. The van der Waals surface area contributed by atoms with Gasteiger partial charge in [0.05, 0.1) is 12.2 Å². The number of alkyl halides is 2. The van der Waals surface area contributed by atoms with Crippen molar-refractivity contribution in [3.8, 4) is 0 Å². The van der Waals surface area contributed by atoms with Gasteiger partial charge in [-0.15, -0.1) is 8.78 Å². The van der Waals surface area contributed by atoms with Crippen LogP contribution in [0.25, 0.3) is 0 Å². The van der Waals surface area contributed by atoms with Crippen molar-refractivity contribution in [1.82, 2.24) is 0 Å². The first-order valence-corrected chi connectivity index (χ1v) is 3.75. The van der Waals surface area contributed by atoms with Crippen LogP contribution in [0.1, 0.15) is 27.7 Å². The highest BCUT2D eigenvalue weighted by Crippen LogP contribution is 2.30. The zero-order valence-electron chi connectivity index (χ0n) is 7.23. The fourth-order valence-corrected chi connectivity index (χ4v) is 0.652. The SMILES string of the molecule is CC.CC1OC(F)(F)OC1C. The van der Waals surface area contributed by atoms with Crippen LogP contribution in [0.3, 0.4) is 0 Å². The standard InChI is InChI=1S/C5H8F2O2.C2H6/c1-3-4(2)9-5(6,7)8-3;1-2/h3-4H,1-2H3;1-2H3. The summed E-state index contributed by atoms with van der Waals surface area (Å²) in [6.07, 6.45) is -4.39. The average molecular weight is 168 g/mol. The highest BCUT2D eigenvalue weighted by atomic mass is 19.3. The van der Waals surface area contributed by atoms with Crippen LogP contribution in [0.2, 0.25) is 0 Å². The molecule has 0 bridgehead atoms. The second-order valence-electron chi connectivity index (χ2n) is 2.11. The maximum atomic E-state index is 12.0.